The van der Waals surface area contributed by atoms with Gasteiger partial charge >= 0.3 is 5.97 Å². The maximum Gasteiger partial charge on any atom is 0.339 e. The second-order valence-electron chi connectivity index (χ2n) is 5.20. The Bertz CT molecular complexity index is 789. The monoisotopic (exact) mass is 341 g/mol. The van der Waals surface area contributed by atoms with Crippen molar-refractivity contribution in [2.24, 2.45) is 0 Å². The Labute approximate surface area is 145 Å². The fraction of sp³-hybridized carbons (Fsp3) is 0.167. The largest absolute Gasteiger partial charge is 0.465 e. The molecule has 2 aromatic carbocycles. The molecule has 0 heterocycles. The lowest BCUT2D eigenvalue weighted by Gasteiger charge is -2.11. The van der Waals surface area contributed by atoms with Crippen LogP contribution in [0.1, 0.15) is 17.3 Å². The molecule has 0 unspecified atom stereocenters. The molecule has 0 radical (unpaired) electrons. The molecule has 0 spiro atoms. The van der Waals surface area contributed by atoms with Crippen molar-refractivity contribution in [2.45, 2.75) is 6.92 Å². The van der Waals surface area contributed by atoms with Crippen LogP contribution in [0.5, 0.6) is 0 Å². The summed E-state index contributed by atoms with van der Waals surface area (Å²) in [5, 5.41) is 8.30. The van der Waals surface area contributed by atoms with Crippen LogP contribution in [0.2, 0.25) is 0 Å². The van der Waals surface area contributed by atoms with E-state index in [2.05, 4.69) is 16.0 Å². The van der Waals surface area contributed by atoms with Crippen molar-refractivity contribution in [2.75, 3.05) is 29.6 Å². The van der Waals surface area contributed by atoms with E-state index in [1.165, 1.54) is 14.0 Å². The zero-order chi connectivity index (χ0) is 18.2. The molecule has 0 fully saturated rings. The minimum atomic E-state index is -0.521. The molecule has 2 rings (SSSR count). The number of esters is 1. The predicted octanol–water partition coefficient (Wildman–Crippen LogP) is 2.48. The number of ether oxygens (including phenoxy) is 1. The van der Waals surface area contributed by atoms with Gasteiger partial charge in [-0.2, -0.15) is 0 Å². The van der Waals surface area contributed by atoms with Crippen molar-refractivity contribution >= 4 is 34.8 Å². The number of carbonyl (C=O) groups is 3. The molecule has 3 N–H and O–H groups in total. The van der Waals surface area contributed by atoms with Gasteiger partial charge in [0.15, 0.2) is 0 Å². The molecule has 2 aromatic rings. The molecule has 0 aromatic heterocycles. The van der Waals surface area contributed by atoms with Crippen LogP contribution in [0.3, 0.4) is 0 Å². The molecule has 2 amide bonds. The highest BCUT2D eigenvalue weighted by Crippen LogP contribution is 2.17. The van der Waals surface area contributed by atoms with Gasteiger partial charge in [0.25, 0.3) is 0 Å². The average Bonchev–Trinajstić information content (AvgIpc) is 2.59. The molecule has 0 saturated heterocycles. The number of hydrogen-bond acceptors (Lipinski definition) is 5. The number of para-hydroxylation sites is 1. The summed E-state index contributed by atoms with van der Waals surface area (Å²) >= 11 is 0. The SMILES string of the molecule is COC(=O)c1ccccc1NC(=O)CNc1cccc(NC(C)=O)c1. The lowest BCUT2D eigenvalue weighted by molar-refractivity contribution is -0.115. The van der Waals surface area contributed by atoms with E-state index in [0.717, 1.165) is 0 Å². The first-order chi connectivity index (χ1) is 12.0. The summed E-state index contributed by atoms with van der Waals surface area (Å²) in [7, 11) is 1.28. The van der Waals surface area contributed by atoms with Crippen LogP contribution in [0.15, 0.2) is 48.5 Å². The molecule has 0 aliphatic heterocycles. The molecule has 0 saturated carbocycles. The van der Waals surface area contributed by atoms with E-state index in [4.69, 9.17) is 4.74 Å². The molecular formula is C18H19N3O4. The predicted molar refractivity (Wildman–Crippen MR) is 95.6 cm³/mol. The molecule has 25 heavy (non-hydrogen) atoms. The Morgan fingerprint density at radius 1 is 0.960 bits per heavy atom. The fourth-order valence-corrected chi connectivity index (χ4v) is 2.17. The first kappa shape index (κ1) is 18.0. The second kappa shape index (κ2) is 8.49. The van der Waals surface area contributed by atoms with Crippen LogP contribution >= 0.6 is 0 Å². The summed E-state index contributed by atoms with van der Waals surface area (Å²) < 4.78 is 4.69. The van der Waals surface area contributed by atoms with E-state index < -0.39 is 5.97 Å². The number of methoxy groups -OCH3 is 1. The van der Waals surface area contributed by atoms with Crippen molar-refractivity contribution in [3.05, 3.63) is 54.1 Å². The molecule has 7 nitrogen and oxygen atoms in total. The Balaban J connectivity index is 1.98. The molecule has 130 valence electrons. The third kappa shape index (κ3) is 5.35. The third-order valence-corrected chi connectivity index (χ3v) is 3.24. The summed E-state index contributed by atoms with van der Waals surface area (Å²) in [6.07, 6.45) is 0. The van der Waals surface area contributed by atoms with Crippen LogP contribution in [0.4, 0.5) is 17.1 Å². The highest BCUT2D eigenvalue weighted by molar-refractivity contribution is 6.02. The molecule has 7 heteroatoms. The van der Waals surface area contributed by atoms with Crippen molar-refractivity contribution in [1.29, 1.82) is 0 Å². The molecular weight excluding hydrogens is 322 g/mol. The average molecular weight is 341 g/mol. The molecule has 0 aliphatic rings. The zero-order valence-corrected chi connectivity index (χ0v) is 14.0. The minimum absolute atomic E-state index is 0.000961. The van der Waals surface area contributed by atoms with Crippen LogP contribution < -0.4 is 16.0 Å². The summed E-state index contributed by atoms with van der Waals surface area (Å²) in [5.41, 5.74) is 1.98. The summed E-state index contributed by atoms with van der Waals surface area (Å²) in [5.74, 6) is -1.01. The minimum Gasteiger partial charge on any atom is -0.465 e. The Kier molecular flexibility index (Phi) is 6.11. The number of benzene rings is 2. The van der Waals surface area contributed by atoms with E-state index in [1.807, 2.05) is 0 Å². The topological polar surface area (TPSA) is 96.5 Å². The van der Waals surface area contributed by atoms with Gasteiger partial charge in [-0.1, -0.05) is 18.2 Å². The van der Waals surface area contributed by atoms with Gasteiger partial charge in [0.2, 0.25) is 11.8 Å². The van der Waals surface area contributed by atoms with Gasteiger partial charge in [0, 0.05) is 18.3 Å². The van der Waals surface area contributed by atoms with Crippen LogP contribution in [-0.4, -0.2) is 31.4 Å². The van der Waals surface area contributed by atoms with Gasteiger partial charge < -0.3 is 20.7 Å². The number of hydrogen-bond donors (Lipinski definition) is 3. The summed E-state index contributed by atoms with van der Waals surface area (Å²) in [6.45, 7) is 1.42. The smallest absolute Gasteiger partial charge is 0.339 e. The molecule has 0 aliphatic carbocycles. The normalized spacial score (nSPS) is 9.84. The molecule has 0 bridgehead atoms. The van der Waals surface area contributed by atoms with Gasteiger partial charge in [-0.3, -0.25) is 9.59 Å². The lowest BCUT2D eigenvalue weighted by Crippen LogP contribution is -2.23. The number of nitrogens with one attached hydrogen (secondary N) is 3. The van der Waals surface area contributed by atoms with Crippen molar-refractivity contribution in [1.82, 2.24) is 0 Å². The first-order valence-corrected chi connectivity index (χ1v) is 7.58. The van der Waals surface area contributed by atoms with Crippen LogP contribution in [-0.2, 0) is 14.3 Å². The Morgan fingerprint density at radius 3 is 2.40 bits per heavy atom. The van der Waals surface area contributed by atoms with E-state index >= 15 is 0 Å². The van der Waals surface area contributed by atoms with Crippen molar-refractivity contribution in [3.63, 3.8) is 0 Å². The highest BCUT2D eigenvalue weighted by Gasteiger charge is 2.13. The maximum absolute atomic E-state index is 12.1. The number of rotatable bonds is 6. The van der Waals surface area contributed by atoms with Crippen molar-refractivity contribution < 1.29 is 19.1 Å². The van der Waals surface area contributed by atoms with Gasteiger partial charge in [-0.25, -0.2) is 4.79 Å². The number of carbonyl (C=O) groups excluding carboxylic acids is 3. The maximum atomic E-state index is 12.1. The van der Waals surface area contributed by atoms with Gasteiger partial charge in [0.05, 0.1) is 24.9 Å². The first-order valence-electron chi connectivity index (χ1n) is 7.58. The van der Waals surface area contributed by atoms with Gasteiger partial charge in [-0.15, -0.1) is 0 Å². The second-order valence-corrected chi connectivity index (χ2v) is 5.20. The molecule has 0 atom stereocenters. The van der Waals surface area contributed by atoms with E-state index in [1.54, 1.807) is 48.5 Å². The third-order valence-electron chi connectivity index (χ3n) is 3.24. The van der Waals surface area contributed by atoms with Gasteiger partial charge in [-0.05, 0) is 30.3 Å². The van der Waals surface area contributed by atoms with Crippen LogP contribution in [0, 0.1) is 0 Å². The Hall–Kier alpha value is -3.35. The van der Waals surface area contributed by atoms with E-state index in [-0.39, 0.29) is 23.9 Å². The van der Waals surface area contributed by atoms with E-state index in [0.29, 0.717) is 17.1 Å². The number of amides is 2. The van der Waals surface area contributed by atoms with E-state index in [9.17, 15) is 14.4 Å². The summed E-state index contributed by atoms with van der Waals surface area (Å²) in [4.78, 5) is 34.9. The highest BCUT2D eigenvalue weighted by atomic mass is 16.5. The van der Waals surface area contributed by atoms with Gasteiger partial charge in [0.1, 0.15) is 0 Å². The standard InChI is InChI=1S/C18H19N3O4/c1-12(22)20-14-7-5-6-13(10-14)19-11-17(23)21-16-9-4-3-8-15(16)18(24)25-2/h3-10,19H,11H2,1-2H3,(H,20,22)(H,21,23). The summed E-state index contributed by atoms with van der Waals surface area (Å²) in [6, 6.07) is 13.6. The quantitative estimate of drug-likeness (QED) is 0.702. The zero-order valence-electron chi connectivity index (χ0n) is 14.0. The number of anilines is 3. The Morgan fingerprint density at radius 2 is 1.68 bits per heavy atom. The van der Waals surface area contributed by atoms with Crippen molar-refractivity contribution in [3.8, 4) is 0 Å². The van der Waals surface area contributed by atoms with Crippen LogP contribution in [0.25, 0.3) is 0 Å². The lowest BCUT2D eigenvalue weighted by atomic mass is 10.2. The fourth-order valence-electron chi connectivity index (χ4n) is 2.17.